The molecule has 0 fully saturated rings. The summed E-state index contributed by atoms with van der Waals surface area (Å²) in [6.45, 7) is 5.59. The third kappa shape index (κ3) is 4.21. The molecule has 1 aliphatic heterocycles. The number of nitrogens with one attached hydrogen (secondary N) is 2. The molecule has 3 aromatic heterocycles. The second-order valence-corrected chi connectivity index (χ2v) is 7.37. The first kappa shape index (κ1) is 18.9. The molecule has 0 spiro atoms. The molecule has 0 saturated carbocycles. The highest BCUT2D eigenvalue weighted by atomic mass is 16.2. The van der Waals surface area contributed by atoms with Gasteiger partial charge in [0.05, 0.1) is 5.69 Å². The minimum Gasteiger partial charge on any atom is -0.357 e. The predicted molar refractivity (Wildman–Crippen MR) is 107 cm³/mol. The number of rotatable bonds is 5. The van der Waals surface area contributed by atoms with Gasteiger partial charge in [0.1, 0.15) is 12.2 Å². The molecule has 150 valence electrons. The van der Waals surface area contributed by atoms with Gasteiger partial charge in [-0.05, 0) is 49.2 Å². The van der Waals surface area contributed by atoms with Crippen LogP contribution in [0.15, 0.2) is 36.7 Å². The Morgan fingerprint density at radius 2 is 2.14 bits per heavy atom. The standard InChI is InChI=1S/C21H24N6O2/c1-14-8-15(2)27(25-14)13-20(28)24-11-16-9-17-12-26(7-5-18(17)23-10-16)21(29)19-4-3-6-22-19/h3-4,6,8-10,22H,5,7,11-13H2,1-2H3,(H,24,28). The highest BCUT2D eigenvalue weighted by Crippen LogP contribution is 2.20. The van der Waals surface area contributed by atoms with E-state index in [9.17, 15) is 9.59 Å². The van der Waals surface area contributed by atoms with Crippen LogP contribution in [-0.4, -0.2) is 43.0 Å². The number of aromatic nitrogens is 4. The fourth-order valence-electron chi connectivity index (χ4n) is 3.61. The van der Waals surface area contributed by atoms with Crippen molar-refractivity contribution in [3.05, 3.63) is 70.6 Å². The largest absolute Gasteiger partial charge is 0.357 e. The lowest BCUT2D eigenvalue weighted by molar-refractivity contribution is -0.122. The molecule has 0 radical (unpaired) electrons. The summed E-state index contributed by atoms with van der Waals surface area (Å²) in [6, 6.07) is 7.57. The molecule has 1 aliphatic rings. The number of fused-ring (bicyclic) bond motifs is 1. The van der Waals surface area contributed by atoms with Gasteiger partial charge in [0, 0.05) is 49.8 Å². The number of nitrogens with zero attached hydrogens (tertiary/aromatic N) is 4. The molecule has 0 unspecified atom stereocenters. The van der Waals surface area contributed by atoms with E-state index in [0.717, 1.165) is 34.6 Å². The highest BCUT2D eigenvalue weighted by molar-refractivity contribution is 5.92. The van der Waals surface area contributed by atoms with Crippen molar-refractivity contribution in [3.63, 3.8) is 0 Å². The van der Waals surface area contributed by atoms with Crippen LogP contribution in [0.5, 0.6) is 0 Å². The maximum absolute atomic E-state index is 12.6. The fourth-order valence-corrected chi connectivity index (χ4v) is 3.61. The number of pyridine rings is 1. The summed E-state index contributed by atoms with van der Waals surface area (Å²) < 4.78 is 1.69. The van der Waals surface area contributed by atoms with E-state index >= 15 is 0 Å². The number of carbonyl (C=O) groups is 2. The van der Waals surface area contributed by atoms with E-state index in [-0.39, 0.29) is 18.4 Å². The molecular weight excluding hydrogens is 368 g/mol. The minimum absolute atomic E-state index is 0.00996. The molecule has 3 aromatic rings. The fraction of sp³-hybridized carbons (Fsp3) is 0.333. The molecule has 0 bridgehead atoms. The first-order valence-electron chi connectivity index (χ1n) is 9.66. The molecule has 0 atom stereocenters. The van der Waals surface area contributed by atoms with Crippen LogP contribution in [0.4, 0.5) is 0 Å². The Morgan fingerprint density at radius 3 is 2.86 bits per heavy atom. The first-order valence-corrected chi connectivity index (χ1v) is 9.66. The summed E-state index contributed by atoms with van der Waals surface area (Å²) in [5.74, 6) is -0.110. The van der Waals surface area contributed by atoms with Crippen LogP contribution in [-0.2, 0) is 30.8 Å². The van der Waals surface area contributed by atoms with Gasteiger partial charge in [0.15, 0.2) is 0 Å². The Hall–Kier alpha value is -3.42. The number of aryl methyl sites for hydroxylation is 2. The van der Waals surface area contributed by atoms with Crippen LogP contribution in [0.1, 0.15) is 38.7 Å². The van der Waals surface area contributed by atoms with Crippen molar-refractivity contribution >= 4 is 11.8 Å². The summed E-state index contributed by atoms with van der Waals surface area (Å²) in [5, 5.41) is 7.23. The molecule has 8 heteroatoms. The Balaban J connectivity index is 1.38. The summed E-state index contributed by atoms with van der Waals surface area (Å²) in [5.41, 5.74) is 5.40. The Kier molecular flexibility index (Phi) is 5.16. The Labute approximate surface area is 168 Å². The average Bonchev–Trinajstić information content (AvgIpc) is 3.35. The van der Waals surface area contributed by atoms with E-state index in [1.54, 1.807) is 23.1 Å². The lowest BCUT2D eigenvalue weighted by Crippen LogP contribution is -2.36. The van der Waals surface area contributed by atoms with E-state index < -0.39 is 0 Å². The third-order valence-electron chi connectivity index (χ3n) is 5.10. The Bertz CT molecular complexity index is 1040. The summed E-state index contributed by atoms with van der Waals surface area (Å²) in [6.07, 6.45) is 4.27. The normalized spacial score (nSPS) is 13.2. The van der Waals surface area contributed by atoms with Gasteiger partial charge in [-0.15, -0.1) is 0 Å². The quantitative estimate of drug-likeness (QED) is 0.691. The van der Waals surface area contributed by atoms with Crippen molar-refractivity contribution in [2.75, 3.05) is 6.54 Å². The summed E-state index contributed by atoms with van der Waals surface area (Å²) in [7, 11) is 0. The molecule has 2 amide bonds. The van der Waals surface area contributed by atoms with E-state index in [1.807, 2.05) is 36.9 Å². The van der Waals surface area contributed by atoms with Crippen molar-refractivity contribution in [3.8, 4) is 0 Å². The van der Waals surface area contributed by atoms with Gasteiger partial charge >= 0.3 is 0 Å². The van der Waals surface area contributed by atoms with Crippen LogP contribution in [0.2, 0.25) is 0 Å². The van der Waals surface area contributed by atoms with Gasteiger partial charge in [-0.3, -0.25) is 19.3 Å². The average molecular weight is 392 g/mol. The second-order valence-electron chi connectivity index (χ2n) is 7.37. The molecule has 2 N–H and O–H groups in total. The zero-order chi connectivity index (χ0) is 20.4. The molecule has 29 heavy (non-hydrogen) atoms. The lowest BCUT2D eigenvalue weighted by atomic mass is 10.0. The predicted octanol–water partition coefficient (Wildman–Crippen LogP) is 1.74. The molecular formula is C21H24N6O2. The topological polar surface area (TPSA) is 95.9 Å². The van der Waals surface area contributed by atoms with E-state index in [0.29, 0.717) is 25.3 Å². The van der Waals surface area contributed by atoms with Crippen LogP contribution < -0.4 is 5.32 Å². The van der Waals surface area contributed by atoms with Crippen molar-refractivity contribution in [1.29, 1.82) is 0 Å². The smallest absolute Gasteiger partial charge is 0.270 e. The van der Waals surface area contributed by atoms with Crippen molar-refractivity contribution in [2.45, 2.75) is 39.9 Å². The monoisotopic (exact) mass is 392 g/mol. The summed E-state index contributed by atoms with van der Waals surface area (Å²) >= 11 is 0. The molecule has 0 saturated heterocycles. The first-order chi connectivity index (χ1) is 14.0. The number of hydrogen-bond acceptors (Lipinski definition) is 4. The van der Waals surface area contributed by atoms with Gasteiger partial charge in [-0.25, -0.2) is 0 Å². The van der Waals surface area contributed by atoms with Gasteiger partial charge in [-0.1, -0.05) is 0 Å². The van der Waals surface area contributed by atoms with Gasteiger partial charge in [0.25, 0.3) is 5.91 Å². The van der Waals surface area contributed by atoms with Crippen LogP contribution in [0, 0.1) is 13.8 Å². The number of H-pyrrole nitrogens is 1. The summed E-state index contributed by atoms with van der Waals surface area (Å²) in [4.78, 5) is 34.2. The van der Waals surface area contributed by atoms with E-state index in [1.165, 1.54) is 0 Å². The SMILES string of the molecule is Cc1cc(C)n(CC(=O)NCc2cnc3c(c2)CN(C(=O)c2ccc[nH]2)CC3)n1. The third-order valence-corrected chi connectivity index (χ3v) is 5.10. The molecule has 4 rings (SSSR count). The van der Waals surface area contributed by atoms with Gasteiger partial charge in [0.2, 0.25) is 5.91 Å². The zero-order valence-corrected chi connectivity index (χ0v) is 16.6. The molecule has 0 aromatic carbocycles. The second kappa shape index (κ2) is 7.90. The maximum atomic E-state index is 12.6. The maximum Gasteiger partial charge on any atom is 0.270 e. The van der Waals surface area contributed by atoms with Crippen LogP contribution in [0.3, 0.4) is 0 Å². The minimum atomic E-state index is -0.0996. The number of hydrogen-bond donors (Lipinski definition) is 2. The highest BCUT2D eigenvalue weighted by Gasteiger charge is 2.23. The van der Waals surface area contributed by atoms with E-state index in [2.05, 4.69) is 20.4 Å². The zero-order valence-electron chi connectivity index (χ0n) is 16.6. The van der Waals surface area contributed by atoms with Crippen LogP contribution >= 0.6 is 0 Å². The number of carbonyl (C=O) groups excluding carboxylic acids is 2. The van der Waals surface area contributed by atoms with E-state index in [4.69, 9.17) is 0 Å². The molecule has 8 nitrogen and oxygen atoms in total. The van der Waals surface area contributed by atoms with Crippen LogP contribution in [0.25, 0.3) is 0 Å². The van der Waals surface area contributed by atoms with Gasteiger partial charge in [-0.2, -0.15) is 5.10 Å². The lowest BCUT2D eigenvalue weighted by Gasteiger charge is -2.28. The Morgan fingerprint density at radius 1 is 1.28 bits per heavy atom. The molecule has 0 aliphatic carbocycles. The van der Waals surface area contributed by atoms with Gasteiger partial charge < -0.3 is 15.2 Å². The number of aromatic amines is 1. The molecule has 4 heterocycles. The van der Waals surface area contributed by atoms with Crippen molar-refractivity contribution < 1.29 is 9.59 Å². The van der Waals surface area contributed by atoms with Crippen molar-refractivity contribution in [1.82, 2.24) is 30.0 Å². The number of amides is 2. The van der Waals surface area contributed by atoms with Crippen molar-refractivity contribution in [2.24, 2.45) is 0 Å².